The van der Waals surface area contributed by atoms with E-state index in [9.17, 15) is 9.90 Å². The highest BCUT2D eigenvalue weighted by Gasteiger charge is 2.26. The van der Waals surface area contributed by atoms with Gasteiger partial charge in [-0.1, -0.05) is 30.3 Å². The molecular formula is C14H21NO4. The van der Waals surface area contributed by atoms with Crippen molar-refractivity contribution in [3.8, 4) is 0 Å². The van der Waals surface area contributed by atoms with Crippen molar-refractivity contribution in [2.75, 3.05) is 33.4 Å². The fraction of sp³-hybridized carbons (Fsp3) is 0.500. The minimum atomic E-state index is -1.09. The fourth-order valence-corrected chi connectivity index (χ4v) is 1.95. The van der Waals surface area contributed by atoms with Crippen molar-refractivity contribution >= 4 is 5.97 Å². The van der Waals surface area contributed by atoms with Crippen molar-refractivity contribution in [2.45, 2.75) is 12.5 Å². The number of rotatable bonds is 8. The Morgan fingerprint density at radius 1 is 1.37 bits per heavy atom. The van der Waals surface area contributed by atoms with E-state index in [0.717, 1.165) is 5.56 Å². The standard InChI is InChI=1S/C14H21NO4/c1-14(18,12-6-4-3-5-7-12)11-15(8-9-19-2)10-13(16)17/h3-7,18H,8-11H2,1-2H3,(H,16,17). The van der Waals surface area contributed by atoms with E-state index in [-0.39, 0.29) is 13.1 Å². The monoisotopic (exact) mass is 267 g/mol. The van der Waals surface area contributed by atoms with Gasteiger partial charge in [-0.15, -0.1) is 0 Å². The van der Waals surface area contributed by atoms with Crippen LogP contribution in [0.2, 0.25) is 0 Å². The van der Waals surface area contributed by atoms with Gasteiger partial charge in [0.25, 0.3) is 0 Å². The summed E-state index contributed by atoms with van der Waals surface area (Å²) in [6.07, 6.45) is 0. The summed E-state index contributed by atoms with van der Waals surface area (Å²) >= 11 is 0. The number of nitrogens with zero attached hydrogens (tertiary/aromatic N) is 1. The highest BCUT2D eigenvalue weighted by atomic mass is 16.5. The Hall–Kier alpha value is -1.43. The maximum Gasteiger partial charge on any atom is 0.317 e. The van der Waals surface area contributed by atoms with Gasteiger partial charge in [0.2, 0.25) is 0 Å². The number of hydrogen-bond acceptors (Lipinski definition) is 4. The third kappa shape index (κ3) is 5.38. The van der Waals surface area contributed by atoms with Crippen molar-refractivity contribution in [3.63, 3.8) is 0 Å². The molecule has 0 spiro atoms. The Morgan fingerprint density at radius 3 is 2.53 bits per heavy atom. The molecule has 0 bridgehead atoms. The molecule has 1 aromatic carbocycles. The predicted molar refractivity (Wildman–Crippen MR) is 72.0 cm³/mol. The normalized spacial score (nSPS) is 14.3. The van der Waals surface area contributed by atoms with E-state index in [1.165, 1.54) is 0 Å². The first kappa shape index (κ1) is 15.6. The summed E-state index contributed by atoms with van der Waals surface area (Å²) < 4.78 is 4.96. The van der Waals surface area contributed by atoms with Crippen LogP contribution in [-0.2, 0) is 15.1 Å². The minimum Gasteiger partial charge on any atom is -0.480 e. The molecular weight excluding hydrogens is 246 g/mol. The van der Waals surface area contributed by atoms with Gasteiger partial charge in [0.15, 0.2) is 0 Å². The van der Waals surface area contributed by atoms with E-state index in [0.29, 0.717) is 13.2 Å². The molecule has 5 nitrogen and oxygen atoms in total. The molecule has 0 amide bonds. The third-order valence-electron chi connectivity index (χ3n) is 2.90. The molecule has 0 radical (unpaired) electrons. The lowest BCUT2D eigenvalue weighted by Gasteiger charge is -2.31. The Kier molecular flexibility index (Phi) is 5.95. The van der Waals surface area contributed by atoms with E-state index >= 15 is 0 Å². The van der Waals surface area contributed by atoms with E-state index in [4.69, 9.17) is 9.84 Å². The van der Waals surface area contributed by atoms with Gasteiger partial charge >= 0.3 is 5.97 Å². The van der Waals surface area contributed by atoms with Gasteiger partial charge in [-0.05, 0) is 12.5 Å². The van der Waals surface area contributed by atoms with Crippen LogP contribution in [0.4, 0.5) is 0 Å². The molecule has 0 aromatic heterocycles. The number of hydrogen-bond donors (Lipinski definition) is 2. The molecule has 0 heterocycles. The molecule has 0 aliphatic carbocycles. The van der Waals surface area contributed by atoms with Crippen LogP contribution in [0.25, 0.3) is 0 Å². The average molecular weight is 267 g/mol. The van der Waals surface area contributed by atoms with Crippen LogP contribution in [0.5, 0.6) is 0 Å². The van der Waals surface area contributed by atoms with Gasteiger partial charge < -0.3 is 14.9 Å². The van der Waals surface area contributed by atoms with Crippen molar-refractivity contribution in [3.05, 3.63) is 35.9 Å². The lowest BCUT2D eigenvalue weighted by Crippen LogP contribution is -2.42. The van der Waals surface area contributed by atoms with E-state index < -0.39 is 11.6 Å². The smallest absolute Gasteiger partial charge is 0.317 e. The van der Waals surface area contributed by atoms with Gasteiger partial charge in [0.1, 0.15) is 0 Å². The zero-order chi connectivity index (χ0) is 14.3. The summed E-state index contributed by atoms with van der Waals surface area (Å²) in [5, 5.41) is 19.4. The Balaban J connectivity index is 2.73. The topological polar surface area (TPSA) is 70.0 Å². The highest BCUT2D eigenvalue weighted by Crippen LogP contribution is 2.21. The second kappa shape index (κ2) is 7.23. The number of ether oxygens (including phenoxy) is 1. The van der Waals surface area contributed by atoms with Crippen LogP contribution in [-0.4, -0.2) is 54.4 Å². The highest BCUT2D eigenvalue weighted by molar-refractivity contribution is 5.69. The van der Waals surface area contributed by atoms with Crippen molar-refractivity contribution in [1.29, 1.82) is 0 Å². The lowest BCUT2D eigenvalue weighted by molar-refractivity contribution is -0.139. The number of carbonyl (C=O) groups is 1. The molecule has 0 aliphatic rings. The summed E-state index contributed by atoms with van der Waals surface area (Å²) in [4.78, 5) is 12.5. The Bertz CT molecular complexity index is 392. The summed E-state index contributed by atoms with van der Waals surface area (Å²) in [5.74, 6) is -0.917. The molecule has 1 rings (SSSR count). The largest absolute Gasteiger partial charge is 0.480 e. The maximum atomic E-state index is 10.8. The van der Waals surface area contributed by atoms with Crippen LogP contribution >= 0.6 is 0 Å². The molecule has 2 N–H and O–H groups in total. The minimum absolute atomic E-state index is 0.119. The Labute approximate surface area is 113 Å². The number of carboxylic acids is 1. The number of aliphatic carboxylic acids is 1. The van der Waals surface area contributed by atoms with Crippen LogP contribution in [0.3, 0.4) is 0 Å². The summed E-state index contributed by atoms with van der Waals surface area (Å²) in [7, 11) is 1.56. The van der Waals surface area contributed by atoms with Gasteiger partial charge in [-0.3, -0.25) is 9.69 Å². The predicted octanol–water partition coefficient (Wildman–Crippen LogP) is 0.927. The number of carboxylic acid groups (broad SMARTS) is 1. The summed E-state index contributed by atoms with van der Waals surface area (Å²) in [5.41, 5.74) is -0.326. The molecule has 1 atom stereocenters. The third-order valence-corrected chi connectivity index (χ3v) is 2.90. The summed E-state index contributed by atoms with van der Waals surface area (Å²) in [6.45, 7) is 2.70. The zero-order valence-corrected chi connectivity index (χ0v) is 11.4. The molecule has 0 fully saturated rings. The number of aliphatic hydroxyl groups is 1. The van der Waals surface area contributed by atoms with Crippen LogP contribution in [0.1, 0.15) is 12.5 Å². The molecule has 19 heavy (non-hydrogen) atoms. The first-order valence-corrected chi connectivity index (χ1v) is 6.16. The molecule has 5 heteroatoms. The first-order valence-electron chi connectivity index (χ1n) is 6.16. The van der Waals surface area contributed by atoms with Crippen molar-refractivity contribution < 1.29 is 19.7 Å². The maximum absolute atomic E-state index is 10.8. The van der Waals surface area contributed by atoms with Gasteiger partial charge in [-0.2, -0.15) is 0 Å². The first-order chi connectivity index (χ1) is 8.95. The van der Waals surface area contributed by atoms with Gasteiger partial charge in [0.05, 0.1) is 18.8 Å². The quantitative estimate of drug-likeness (QED) is 0.733. The van der Waals surface area contributed by atoms with Crippen LogP contribution in [0, 0.1) is 0 Å². The SMILES string of the molecule is COCCN(CC(=O)O)CC(C)(O)c1ccccc1. The zero-order valence-electron chi connectivity index (χ0n) is 11.4. The molecule has 0 saturated carbocycles. The number of methoxy groups -OCH3 is 1. The fourth-order valence-electron chi connectivity index (χ4n) is 1.95. The lowest BCUT2D eigenvalue weighted by atomic mass is 9.95. The van der Waals surface area contributed by atoms with E-state index in [2.05, 4.69) is 0 Å². The van der Waals surface area contributed by atoms with Gasteiger partial charge in [-0.25, -0.2) is 0 Å². The van der Waals surface area contributed by atoms with Gasteiger partial charge in [0, 0.05) is 20.2 Å². The molecule has 1 aromatic rings. The molecule has 0 aliphatic heterocycles. The number of benzene rings is 1. The second-order valence-electron chi connectivity index (χ2n) is 4.74. The van der Waals surface area contributed by atoms with E-state index in [1.54, 1.807) is 18.9 Å². The second-order valence-corrected chi connectivity index (χ2v) is 4.74. The van der Waals surface area contributed by atoms with E-state index in [1.807, 2.05) is 30.3 Å². The average Bonchev–Trinajstić information content (AvgIpc) is 2.36. The summed E-state index contributed by atoms with van der Waals surface area (Å²) in [6, 6.07) is 9.23. The van der Waals surface area contributed by atoms with Crippen molar-refractivity contribution in [1.82, 2.24) is 4.90 Å². The van der Waals surface area contributed by atoms with Crippen LogP contribution < -0.4 is 0 Å². The molecule has 1 unspecified atom stereocenters. The molecule has 0 saturated heterocycles. The molecule has 106 valence electrons. The van der Waals surface area contributed by atoms with Crippen LogP contribution in [0.15, 0.2) is 30.3 Å². The Morgan fingerprint density at radius 2 is 2.00 bits per heavy atom. The van der Waals surface area contributed by atoms with Crippen molar-refractivity contribution in [2.24, 2.45) is 0 Å².